The number of amides is 1. The molecule has 4 nitrogen and oxygen atoms in total. The van der Waals surface area contributed by atoms with E-state index in [4.69, 9.17) is 4.74 Å². The van der Waals surface area contributed by atoms with Crippen molar-refractivity contribution in [1.82, 2.24) is 4.90 Å². The van der Waals surface area contributed by atoms with Gasteiger partial charge in [0.05, 0.1) is 0 Å². The Hall–Kier alpha value is -2.33. The second-order valence-corrected chi connectivity index (χ2v) is 5.34. The van der Waals surface area contributed by atoms with Gasteiger partial charge in [-0.3, -0.25) is 10.2 Å². The van der Waals surface area contributed by atoms with Gasteiger partial charge in [0.2, 0.25) is 0 Å². The van der Waals surface area contributed by atoms with Crippen molar-refractivity contribution in [2.75, 3.05) is 12.4 Å². The molecule has 3 rings (SSSR count). The van der Waals surface area contributed by atoms with Crippen LogP contribution in [0.5, 0.6) is 0 Å². The van der Waals surface area contributed by atoms with Crippen molar-refractivity contribution in [2.24, 2.45) is 0 Å². The number of nitrogens with zero attached hydrogens (tertiary/aromatic N) is 1. The van der Waals surface area contributed by atoms with E-state index in [9.17, 15) is 4.79 Å². The van der Waals surface area contributed by atoms with E-state index >= 15 is 0 Å². The first-order chi connectivity index (χ1) is 10.2. The number of nitrogens with one attached hydrogen (secondary N) is 1. The molecular formula is C17H18N2O2. The minimum absolute atomic E-state index is 0.278. The van der Waals surface area contributed by atoms with Gasteiger partial charge in [-0.05, 0) is 35.9 Å². The quantitative estimate of drug-likeness (QED) is 0.938. The van der Waals surface area contributed by atoms with Gasteiger partial charge in [0.15, 0.2) is 0 Å². The van der Waals surface area contributed by atoms with Crippen LogP contribution in [0.25, 0.3) is 0 Å². The number of benzene rings is 2. The van der Waals surface area contributed by atoms with Crippen molar-refractivity contribution in [1.29, 1.82) is 0 Å². The molecule has 1 aliphatic rings. The van der Waals surface area contributed by atoms with Crippen molar-refractivity contribution in [3.05, 3.63) is 65.2 Å². The van der Waals surface area contributed by atoms with Crippen LogP contribution in [0.2, 0.25) is 0 Å². The van der Waals surface area contributed by atoms with Crippen molar-refractivity contribution >= 4 is 11.8 Å². The topological polar surface area (TPSA) is 41.6 Å². The van der Waals surface area contributed by atoms with E-state index in [-0.39, 0.29) is 6.61 Å². The van der Waals surface area contributed by atoms with Crippen molar-refractivity contribution < 1.29 is 9.53 Å². The van der Waals surface area contributed by atoms with Crippen molar-refractivity contribution in [2.45, 2.75) is 19.7 Å². The first kappa shape index (κ1) is 13.6. The largest absolute Gasteiger partial charge is 0.444 e. The summed E-state index contributed by atoms with van der Waals surface area (Å²) in [6, 6.07) is 15.6. The molecule has 1 heterocycles. The summed E-state index contributed by atoms with van der Waals surface area (Å²) >= 11 is 0. The Labute approximate surface area is 124 Å². The van der Waals surface area contributed by atoms with Gasteiger partial charge < -0.3 is 4.74 Å². The maximum atomic E-state index is 11.8. The zero-order chi connectivity index (χ0) is 14.7. The first-order valence-corrected chi connectivity index (χ1v) is 6.99. The molecule has 1 amide bonds. The predicted molar refractivity (Wildman–Crippen MR) is 81.9 cm³/mol. The molecular weight excluding hydrogens is 264 g/mol. The third-order valence-electron chi connectivity index (χ3n) is 3.55. The number of rotatable bonds is 3. The van der Waals surface area contributed by atoms with Crippen LogP contribution in [-0.4, -0.2) is 18.0 Å². The number of fused-ring (bicyclic) bond motifs is 1. The van der Waals surface area contributed by atoms with E-state index in [0.29, 0.717) is 0 Å². The van der Waals surface area contributed by atoms with E-state index in [1.807, 2.05) is 42.5 Å². The van der Waals surface area contributed by atoms with Crippen LogP contribution in [0.4, 0.5) is 10.5 Å². The Bertz CT molecular complexity index is 640. The average Bonchev–Trinajstić information content (AvgIpc) is 2.85. The molecule has 2 aromatic rings. The van der Waals surface area contributed by atoms with Gasteiger partial charge in [0, 0.05) is 18.8 Å². The maximum Gasteiger partial charge on any atom is 0.411 e. The molecule has 21 heavy (non-hydrogen) atoms. The highest BCUT2D eigenvalue weighted by Gasteiger charge is 2.16. The van der Waals surface area contributed by atoms with Gasteiger partial charge >= 0.3 is 6.09 Å². The number of anilines is 1. The molecule has 0 aliphatic carbocycles. The monoisotopic (exact) mass is 282 g/mol. The Balaban J connectivity index is 1.57. The van der Waals surface area contributed by atoms with E-state index in [2.05, 4.69) is 23.3 Å². The summed E-state index contributed by atoms with van der Waals surface area (Å²) in [5.74, 6) is 0. The summed E-state index contributed by atoms with van der Waals surface area (Å²) in [7, 11) is 2.08. The summed E-state index contributed by atoms with van der Waals surface area (Å²) in [5.41, 5.74) is 4.34. The van der Waals surface area contributed by atoms with Crippen molar-refractivity contribution in [3.8, 4) is 0 Å². The summed E-state index contributed by atoms with van der Waals surface area (Å²) in [5, 5.41) is 2.78. The van der Waals surface area contributed by atoms with E-state index in [0.717, 1.165) is 24.3 Å². The lowest BCUT2D eigenvalue weighted by atomic mass is 10.1. The Morgan fingerprint density at radius 3 is 2.71 bits per heavy atom. The highest BCUT2D eigenvalue weighted by molar-refractivity contribution is 5.84. The number of carbonyl (C=O) groups is 1. The minimum Gasteiger partial charge on any atom is -0.444 e. The molecule has 0 atom stereocenters. The number of carbonyl (C=O) groups excluding carboxylic acids is 1. The fraction of sp³-hybridized carbons (Fsp3) is 0.235. The molecule has 0 aromatic heterocycles. The molecule has 0 radical (unpaired) electrons. The van der Waals surface area contributed by atoms with E-state index < -0.39 is 6.09 Å². The Kier molecular flexibility index (Phi) is 3.88. The maximum absolute atomic E-state index is 11.8. The molecule has 0 saturated carbocycles. The molecule has 108 valence electrons. The number of hydrogen-bond acceptors (Lipinski definition) is 3. The zero-order valence-corrected chi connectivity index (χ0v) is 12.0. The van der Waals surface area contributed by atoms with E-state index in [1.54, 1.807) is 0 Å². The van der Waals surface area contributed by atoms with Crippen LogP contribution < -0.4 is 5.32 Å². The van der Waals surface area contributed by atoms with Crippen LogP contribution in [0, 0.1) is 0 Å². The van der Waals surface area contributed by atoms with Gasteiger partial charge in [0.25, 0.3) is 0 Å². The summed E-state index contributed by atoms with van der Waals surface area (Å²) in [6.07, 6.45) is -0.426. The average molecular weight is 282 g/mol. The van der Waals surface area contributed by atoms with Crippen LogP contribution in [-0.2, 0) is 24.4 Å². The van der Waals surface area contributed by atoms with Crippen molar-refractivity contribution in [3.63, 3.8) is 0 Å². The smallest absolute Gasteiger partial charge is 0.411 e. The zero-order valence-electron chi connectivity index (χ0n) is 12.0. The predicted octanol–water partition coefficient (Wildman–Crippen LogP) is 3.38. The lowest BCUT2D eigenvalue weighted by Gasteiger charge is -2.08. The van der Waals surface area contributed by atoms with Gasteiger partial charge in [-0.1, -0.05) is 36.4 Å². The lowest BCUT2D eigenvalue weighted by Crippen LogP contribution is -2.13. The van der Waals surface area contributed by atoms with Crippen LogP contribution >= 0.6 is 0 Å². The molecule has 1 N–H and O–H groups in total. The number of hydrogen-bond donors (Lipinski definition) is 1. The van der Waals surface area contributed by atoms with Crippen LogP contribution in [0.3, 0.4) is 0 Å². The Morgan fingerprint density at radius 2 is 1.90 bits per heavy atom. The van der Waals surface area contributed by atoms with E-state index in [1.165, 1.54) is 11.1 Å². The fourth-order valence-corrected chi connectivity index (χ4v) is 2.52. The molecule has 0 fully saturated rings. The molecule has 0 spiro atoms. The second-order valence-electron chi connectivity index (χ2n) is 5.34. The molecule has 0 saturated heterocycles. The highest BCUT2D eigenvalue weighted by Crippen LogP contribution is 2.24. The third kappa shape index (κ3) is 3.41. The standard InChI is InChI=1S/C17H18N2O2/c1-19-10-14-7-8-16(9-15(14)11-19)18-17(20)21-12-13-5-3-2-4-6-13/h2-9H,10-12H2,1H3,(H,18,20). The second kappa shape index (κ2) is 5.97. The highest BCUT2D eigenvalue weighted by atomic mass is 16.5. The lowest BCUT2D eigenvalue weighted by molar-refractivity contribution is 0.155. The van der Waals surface area contributed by atoms with Gasteiger partial charge in [-0.25, -0.2) is 4.79 Å². The summed E-state index contributed by atoms with van der Waals surface area (Å²) < 4.78 is 5.21. The van der Waals surface area contributed by atoms with Crippen LogP contribution in [0.1, 0.15) is 16.7 Å². The third-order valence-corrected chi connectivity index (χ3v) is 3.55. The number of ether oxygens (including phenoxy) is 1. The van der Waals surface area contributed by atoms with Gasteiger partial charge in [0.1, 0.15) is 6.61 Å². The fourth-order valence-electron chi connectivity index (χ4n) is 2.52. The summed E-state index contributed by atoms with van der Waals surface area (Å²) in [6.45, 7) is 2.17. The SMILES string of the molecule is CN1Cc2ccc(NC(=O)OCc3ccccc3)cc2C1. The molecule has 1 aliphatic heterocycles. The molecule has 0 bridgehead atoms. The Morgan fingerprint density at radius 1 is 1.14 bits per heavy atom. The molecule has 0 unspecified atom stereocenters. The summed E-state index contributed by atoms with van der Waals surface area (Å²) in [4.78, 5) is 14.0. The first-order valence-electron chi connectivity index (χ1n) is 6.99. The normalized spacial score (nSPS) is 13.8. The van der Waals surface area contributed by atoms with Gasteiger partial charge in [-0.2, -0.15) is 0 Å². The van der Waals surface area contributed by atoms with Gasteiger partial charge in [-0.15, -0.1) is 0 Å². The molecule has 4 heteroatoms. The minimum atomic E-state index is -0.426. The molecule has 2 aromatic carbocycles. The van der Waals surface area contributed by atoms with Crippen LogP contribution in [0.15, 0.2) is 48.5 Å².